The van der Waals surface area contributed by atoms with Gasteiger partial charge in [-0.05, 0) is 31.2 Å². The van der Waals surface area contributed by atoms with Crippen LogP contribution in [0.15, 0.2) is 39.0 Å². The number of nitrogens with one attached hydrogen (secondary N) is 3. The topological polar surface area (TPSA) is 110 Å². The summed E-state index contributed by atoms with van der Waals surface area (Å²) < 4.78 is 0. The van der Waals surface area contributed by atoms with E-state index in [1.54, 1.807) is 24.3 Å². The minimum atomic E-state index is -0.783. The summed E-state index contributed by atoms with van der Waals surface area (Å²) in [5.41, 5.74) is 1.99. The molecule has 8 heteroatoms. The smallest absolute Gasteiger partial charge is 0.328 e. The van der Waals surface area contributed by atoms with E-state index in [4.69, 9.17) is 11.6 Å². The summed E-state index contributed by atoms with van der Waals surface area (Å²) in [7, 11) is 0. The van der Waals surface area contributed by atoms with E-state index in [-0.39, 0.29) is 11.3 Å². The number of nitrogens with zero attached hydrogens (tertiary/aromatic N) is 1. The molecular formula is C12H11ClN4O3. The molecule has 0 amide bonds. The van der Waals surface area contributed by atoms with Crippen molar-refractivity contribution >= 4 is 23.0 Å². The number of benzene rings is 1. The Labute approximate surface area is 117 Å². The van der Waals surface area contributed by atoms with Crippen molar-refractivity contribution in [1.82, 2.24) is 9.97 Å². The SMILES string of the molecule is C/C(=N/Nc1ccc(Cl)cc1)c1c(O)[nH]c(=O)[nH]c1=O. The quantitative estimate of drug-likeness (QED) is 0.504. The molecule has 2 aromatic rings. The van der Waals surface area contributed by atoms with Gasteiger partial charge in [0.25, 0.3) is 5.56 Å². The molecular weight excluding hydrogens is 284 g/mol. The van der Waals surface area contributed by atoms with Crippen molar-refractivity contribution in [3.8, 4) is 5.88 Å². The second-order valence-corrected chi connectivity index (χ2v) is 4.38. The lowest BCUT2D eigenvalue weighted by Gasteiger charge is -2.04. The van der Waals surface area contributed by atoms with Crippen molar-refractivity contribution < 1.29 is 5.11 Å². The average Bonchev–Trinajstić information content (AvgIpc) is 2.37. The first-order valence-corrected chi connectivity index (χ1v) is 5.97. The lowest BCUT2D eigenvalue weighted by molar-refractivity contribution is 0.447. The van der Waals surface area contributed by atoms with Crippen LogP contribution >= 0.6 is 11.6 Å². The number of aromatic hydroxyl groups is 1. The van der Waals surface area contributed by atoms with Crippen molar-refractivity contribution in [2.75, 3.05) is 5.43 Å². The molecule has 0 saturated carbocycles. The van der Waals surface area contributed by atoms with Crippen LogP contribution in [-0.2, 0) is 0 Å². The van der Waals surface area contributed by atoms with Gasteiger partial charge in [0, 0.05) is 5.02 Å². The average molecular weight is 295 g/mol. The largest absolute Gasteiger partial charge is 0.494 e. The van der Waals surface area contributed by atoms with Crippen LogP contribution in [-0.4, -0.2) is 20.8 Å². The molecule has 0 unspecified atom stereocenters. The van der Waals surface area contributed by atoms with Gasteiger partial charge in [-0.3, -0.25) is 20.2 Å². The first kappa shape index (κ1) is 13.9. The second-order valence-electron chi connectivity index (χ2n) is 3.95. The number of H-pyrrole nitrogens is 2. The van der Waals surface area contributed by atoms with E-state index in [9.17, 15) is 14.7 Å². The Hall–Kier alpha value is -2.54. The summed E-state index contributed by atoms with van der Waals surface area (Å²) in [4.78, 5) is 26.7. The number of hydrazone groups is 1. The Morgan fingerprint density at radius 2 is 1.90 bits per heavy atom. The molecule has 0 bridgehead atoms. The third-order valence-corrected chi connectivity index (χ3v) is 2.73. The van der Waals surface area contributed by atoms with E-state index in [0.717, 1.165) is 0 Å². The summed E-state index contributed by atoms with van der Waals surface area (Å²) in [6, 6.07) is 6.77. The zero-order valence-corrected chi connectivity index (χ0v) is 11.2. The molecule has 0 spiro atoms. The number of aromatic nitrogens is 2. The predicted molar refractivity (Wildman–Crippen MR) is 76.6 cm³/mol. The first-order chi connectivity index (χ1) is 9.47. The summed E-state index contributed by atoms with van der Waals surface area (Å²) in [5, 5.41) is 14.1. The van der Waals surface area contributed by atoms with Crippen LogP contribution in [0.3, 0.4) is 0 Å². The standard InChI is InChI=1S/C12H11ClN4O3/c1-6(9-10(18)14-12(20)15-11(9)19)16-17-8-4-2-7(13)3-5-8/h2-5,17H,1H3,(H3,14,15,18,19,20)/b16-6-. The minimum absolute atomic E-state index is 0.105. The van der Waals surface area contributed by atoms with Gasteiger partial charge >= 0.3 is 5.69 Å². The Bertz CT molecular complexity index is 762. The molecule has 0 saturated heterocycles. The van der Waals surface area contributed by atoms with E-state index in [1.165, 1.54) is 6.92 Å². The van der Waals surface area contributed by atoms with E-state index >= 15 is 0 Å². The lowest BCUT2D eigenvalue weighted by atomic mass is 10.2. The predicted octanol–water partition coefficient (Wildman–Crippen LogP) is 1.26. The second kappa shape index (κ2) is 5.62. The molecule has 1 heterocycles. The minimum Gasteiger partial charge on any atom is -0.494 e. The van der Waals surface area contributed by atoms with Gasteiger partial charge in [0.1, 0.15) is 5.56 Å². The summed E-state index contributed by atoms with van der Waals surface area (Å²) in [5.74, 6) is -0.530. The number of anilines is 1. The van der Waals surface area contributed by atoms with Crippen molar-refractivity contribution in [2.45, 2.75) is 6.92 Å². The molecule has 20 heavy (non-hydrogen) atoms. The third kappa shape index (κ3) is 3.07. The van der Waals surface area contributed by atoms with Gasteiger partial charge in [-0.1, -0.05) is 11.6 Å². The molecule has 0 radical (unpaired) electrons. The van der Waals surface area contributed by atoms with Crippen LogP contribution < -0.4 is 16.7 Å². The molecule has 1 aromatic heterocycles. The normalized spacial score (nSPS) is 11.4. The Morgan fingerprint density at radius 3 is 2.50 bits per heavy atom. The number of rotatable bonds is 3. The van der Waals surface area contributed by atoms with Crippen molar-refractivity contribution in [2.24, 2.45) is 5.10 Å². The first-order valence-electron chi connectivity index (χ1n) is 5.59. The number of halogens is 1. The van der Waals surface area contributed by atoms with Crippen LogP contribution in [0.4, 0.5) is 5.69 Å². The van der Waals surface area contributed by atoms with Gasteiger partial charge in [0.15, 0.2) is 0 Å². The molecule has 7 nitrogen and oxygen atoms in total. The van der Waals surface area contributed by atoms with Crippen LogP contribution in [0, 0.1) is 0 Å². The molecule has 0 aliphatic heterocycles. The molecule has 104 valence electrons. The fourth-order valence-electron chi connectivity index (χ4n) is 1.54. The maximum atomic E-state index is 11.6. The van der Waals surface area contributed by atoms with E-state index in [0.29, 0.717) is 10.7 Å². The maximum Gasteiger partial charge on any atom is 0.328 e. The summed E-state index contributed by atoms with van der Waals surface area (Å²) >= 11 is 5.75. The van der Waals surface area contributed by atoms with Crippen LogP contribution in [0.2, 0.25) is 5.02 Å². The van der Waals surface area contributed by atoms with E-state index < -0.39 is 17.1 Å². The van der Waals surface area contributed by atoms with Gasteiger partial charge in [-0.2, -0.15) is 5.10 Å². The molecule has 0 aliphatic rings. The van der Waals surface area contributed by atoms with E-state index in [2.05, 4.69) is 15.5 Å². The van der Waals surface area contributed by atoms with Crippen molar-refractivity contribution in [3.05, 3.63) is 55.7 Å². The van der Waals surface area contributed by atoms with Crippen LogP contribution in [0.5, 0.6) is 5.88 Å². The Balaban J connectivity index is 2.29. The highest BCUT2D eigenvalue weighted by atomic mass is 35.5. The maximum absolute atomic E-state index is 11.6. The highest BCUT2D eigenvalue weighted by Crippen LogP contribution is 2.14. The molecule has 0 atom stereocenters. The van der Waals surface area contributed by atoms with Gasteiger partial charge in [-0.25, -0.2) is 4.79 Å². The van der Waals surface area contributed by atoms with Crippen molar-refractivity contribution in [3.63, 3.8) is 0 Å². The monoisotopic (exact) mass is 294 g/mol. The van der Waals surface area contributed by atoms with Gasteiger partial charge < -0.3 is 5.11 Å². The highest BCUT2D eigenvalue weighted by Gasteiger charge is 2.11. The zero-order valence-electron chi connectivity index (χ0n) is 10.4. The van der Waals surface area contributed by atoms with Gasteiger partial charge in [-0.15, -0.1) is 0 Å². The Kier molecular flexibility index (Phi) is 3.90. The summed E-state index contributed by atoms with van der Waals surface area (Å²) in [6.45, 7) is 1.52. The molecule has 0 fully saturated rings. The van der Waals surface area contributed by atoms with Gasteiger partial charge in [0.2, 0.25) is 5.88 Å². The molecule has 1 aromatic carbocycles. The number of aromatic amines is 2. The lowest BCUT2D eigenvalue weighted by Crippen LogP contribution is -2.27. The van der Waals surface area contributed by atoms with Gasteiger partial charge in [0.05, 0.1) is 11.4 Å². The highest BCUT2D eigenvalue weighted by molar-refractivity contribution is 6.30. The van der Waals surface area contributed by atoms with E-state index in [1.807, 2.05) is 4.98 Å². The molecule has 0 aliphatic carbocycles. The fourth-order valence-corrected chi connectivity index (χ4v) is 1.66. The zero-order chi connectivity index (χ0) is 14.7. The Morgan fingerprint density at radius 1 is 1.25 bits per heavy atom. The van der Waals surface area contributed by atoms with Crippen LogP contribution in [0.25, 0.3) is 0 Å². The number of hydrogen-bond donors (Lipinski definition) is 4. The molecule has 2 rings (SSSR count). The fraction of sp³-hybridized carbons (Fsp3) is 0.0833. The summed E-state index contributed by atoms with van der Waals surface area (Å²) in [6.07, 6.45) is 0. The van der Waals surface area contributed by atoms with Crippen molar-refractivity contribution in [1.29, 1.82) is 0 Å². The van der Waals surface area contributed by atoms with Crippen LogP contribution in [0.1, 0.15) is 12.5 Å². The number of hydrogen-bond acceptors (Lipinski definition) is 5. The molecule has 4 N–H and O–H groups in total. The third-order valence-electron chi connectivity index (χ3n) is 2.48.